The highest BCUT2D eigenvalue weighted by molar-refractivity contribution is 6.06. The number of hydrogen-bond acceptors (Lipinski definition) is 2. The van der Waals surface area contributed by atoms with Gasteiger partial charge in [0.1, 0.15) is 0 Å². The first-order chi connectivity index (χ1) is 13.3. The Kier molecular flexibility index (Phi) is 4.71. The van der Waals surface area contributed by atoms with E-state index in [0.29, 0.717) is 5.56 Å². The summed E-state index contributed by atoms with van der Waals surface area (Å²) in [5.41, 5.74) is 4.08. The number of methoxy groups -OCH3 is 1. The van der Waals surface area contributed by atoms with E-state index in [9.17, 15) is 4.79 Å². The van der Waals surface area contributed by atoms with Crippen LogP contribution in [0.2, 0.25) is 0 Å². The fourth-order valence-corrected chi connectivity index (χ4v) is 3.73. The minimum atomic E-state index is -0.312. The summed E-state index contributed by atoms with van der Waals surface area (Å²) in [7, 11) is 1.43. The van der Waals surface area contributed by atoms with Gasteiger partial charge in [0.2, 0.25) is 0 Å². The first-order valence-corrected chi connectivity index (χ1v) is 8.99. The zero-order valence-electron chi connectivity index (χ0n) is 15.1. The first kappa shape index (κ1) is 17.0. The van der Waals surface area contributed by atoms with Crippen LogP contribution in [0.5, 0.6) is 0 Å². The Balaban J connectivity index is 2.04. The predicted octanol–water partition coefficient (Wildman–Crippen LogP) is 5.81. The summed E-state index contributed by atoms with van der Waals surface area (Å²) in [5, 5.41) is 1.98. The first-order valence-electron chi connectivity index (χ1n) is 8.99. The maximum atomic E-state index is 12.5. The van der Waals surface area contributed by atoms with E-state index in [4.69, 9.17) is 4.74 Å². The lowest BCUT2D eigenvalue weighted by molar-refractivity contribution is 0.0603. The summed E-state index contributed by atoms with van der Waals surface area (Å²) in [6, 6.07) is 32.8. The smallest absolute Gasteiger partial charge is 0.338 e. The molecule has 0 aliphatic rings. The Morgan fingerprint density at radius 1 is 0.704 bits per heavy atom. The van der Waals surface area contributed by atoms with Crippen LogP contribution in [0.15, 0.2) is 97.1 Å². The van der Waals surface area contributed by atoms with Crippen LogP contribution in [-0.4, -0.2) is 13.1 Å². The lowest BCUT2D eigenvalue weighted by Gasteiger charge is -2.22. The number of carbonyl (C=O) groups excluding carboxylic acids is 1. The SMILES string of the molecule is COC(=O)c1cccc2cccc(C(c3ccccc3)c3ccccc3)c12. The Morgan fingerprint density at radius 2 is 1.26 bits per heavy atom. The normalized spacial score (nSPS) is 10.9. The molecule has 0 aliphatic carbocycles. The Bertz CT molecular complexity index is 1020. The lowest BCUT2D eigenvalue weighted by Crippen LogP contribution is -2.08. The number of fused-ring (bicyclic) bond motifs is 1. The number of benzene rings is 4. The number of carbonyl (C=O) groups is 1. The highest BCUT2D eigenvalue weighted by atomic mass is 16.5. The van der Waals surface area contributed by atoms with Crippen molar-refractivity contribution in [3.05, 3.63) is 119 Å². The molecular weight excluding hydrogens is 332 g/mol. The molecule has 0 N–H and O–H groups in total. The van der Waals surface area contributed by atoms with Gasteiger partial charge in [0.15, 0.2) is 0 Å². The van der Waals surface area contributed by atoms with Crippen LogP contribution in [0.4, 0.5) is 0 Å². The van der Waals surface area contributed by atoms with Gasteiger partial charge in [0.05, 0.1) is 12.7 Å². The Hall–Kier alpha value is -3.39. The second kappa shape index (κ2) is 7.46. The van der Waals surface area contributed by atoms with Crippen LogP contribution in [-0.2, 0) is 4.74 Å². The molecule has 4 aromatic rings. The monoisotopic (exact) mass is 352 g/mol. The number of ether oxygens (including phenoxy) is 1. The molecule has 27 heavy (non-hydrogen) atoms. The molecule has 0 fully saturated rings. The molecule has 4 rings (SSSR count). The molecule has 0 unspecified atom stereocenters. The van der Waals surface area contributed by atoms with E-state index < -0.39 is 0 Å². The molecule has 4 aromatic carbocycles. The molecule has 0 spiro atoms. The molecular formula is C25H20O2. The molecule has 0 amide bonds. The van der Waals surface area contributed by atoms with Crippen LogP contribution in [0, 0.1) is 0 Å². The van der Waals surface area contributed by atoms with Crippen molar-refractivity contribution in [3.63, 3.8) is 0 Å². The van der Waals surface area contributed by atoms with Crippen molar-refractivity contribution in [2.75, 3.05) is 7.11 Å². The van der Waals surface area contributed by atoms with Crippen LogP contribution in [0.1, 0.15) is 33.0 Å². The van der Waals surface area contributed by atoms with Crippen LogP contribution < -0.4 is 0 Å². The maximum Gasteiger partial charge on any atom is 0.338 e. The summed E-state index contributed by atoms with van der Waals surface area (Å²) in [6.07, 6.45) is 0. The molecule has 0 heterocycles. The van der Waals surface area contributed by atoms with Gasteiger partial charge in [0, 0.05) is 11.3 Å². The number of esters is 1. The lowest BCUT2D eigenvalue weighted by atomic mass is 9.82. The van der Waals surface area contributed by atoms with Gasteiger partial charge in [-0.05, 0) is 28.1 Å². The zero-order valence-corrected chi connectivity index (χ0v) is 15.1. The van der Waals surface area contributed by atoms with E-state index in [2.05, 4.69) is 60.7 Å². The molecule has 0 saturated carbocycles. The standard InChI is InChI=1S/C25H20O2/c1-27-25(26)22-17-9-15-20-14-8-16-21(24(20)22)23(18-10-4-2-5-11-18)19-12-6-3-7-13-19/h2-17,23H,1H3. The number of rotatable bonds is 4. The maximum absolute atomic E-state index is 12.5. The third kappa shape index (κ3) is 3.22. The molecule has 132 valence electrons. The van der Waals surface area contributed by atoms with Crippen LogP contribution >= 0.6 is 0 Å². The second-order valence-electron chi connectivity index (χ2n) is 6.50. The molecule has 0 aromatic heterocycles. The molecule has 0 radical (unpaired) electrons. The molecule has 2 heteroatoms. The van der Waals surface area contributed by atoms with Gasteiger partial charge in [-0.1, -0.05) is 91.0 Å². The van der Waals surface area contributed by atoms with E-state index in [0.717, 1.165) is 16.3 Å². The van der Waals surface area contributed by atoms with Crippen molar-refractivity contribution in [1.29, 1.82) is 0 Å². The molecule has 0 bridgehead atoms. The molecule has 0 saturated heterocycles. The van der Waals surface area contributed by atoms with E-state index in [1.807, 2.05) is 36.4 Å². The Morgan fingerprint density at radius 3 is 1.81 bits per heavy atom. The van der Waals surface area contributed by atoms with Gasteiger partial charge in [-0.25, -0.2) is 4.79 Å². The average Bonchev–Trinajstić information content (AvgIpc) is 2.74. The minimum absolute atomic E-state index is 0.0295. The highest BCUT2D eigenvalue weighted by Gasteiger charge is 2.22. The van der Waals surface area contributed by atoms with E-state index >= 15 is 0 Å². The van der Waals surface area contributed by atoms with Gasteiger partial charge >= 0.3 is 5.97 Å². The quantitative estimate of drug-likeness (QED) is 0.342. The van der Waals surface area contributed by atoms with E-state index in [-0.39, 0.29) is 11.9 Å². The van der Waals surface area contributed by atoms with Crippen molar-refractivity contribution in [3.8, 4) is 0 Å². The summed E-state index contributed by atoms with van der Waals surface area (Å²) in [4.78, 5) is 12.5. The van der Waals surface area contributed by atoms with Gasteiger partial charge in [-0.3, -0.25) is 0 Å². The predicted molar refractivity (Wildman–Crippen MR) is 109 cm³/mol. The fourth-order valence-electron chi connectivity index (χ4n) is 3.73. The summed E-state index contributed by atoms with van der Waals surface area (Å²) in [5.74, 6) is -0.283. The molecule has 2 nitrogen and oxygen atoms in total. The van der Waals surface area contributed by atoms with Crippen molar-refractivity contribution in [2.45, 2.75) is 5.92 Å². The summed E-state index contributed by atoms with van der Waals surface area (Å²) in [6.45, 7) is 0. The third-order valence-electron chi connectivity index (χ3n) is 4.92. The third-order valence-corrected chi connectivity index (χ3v) is 4.92. The topological polar surface area (TPSA) is 26.3 Å². The molecule has 0 aliphatic heterocycles. The average molecular weight is 352 g/mol. The van der Waals surface area contributed by atoms with Crippen molar-refractivity contribution < 1.29 is 9.53 Å². The van der Waals surface area contributed by atoms with E-state index in [1.54, 1.807) is 0 Å². The van der Waals surface area contributed by atoms with Crippen molar-refractivity contribution in [1.82, 2.24) is 0 Å². The van der Waals surface area contributed by atoms with Gasteiger partial charge in [-0.15, -0.1) is 0 Å². The van der Waals surface area contributed by atoms with Gasteiger partial charge < -0.3 is 4.74 Å². The second-order valence-corrected chi connectivity index (χ2v) is 6.50. The summed E-state index contributed by atoms with van der Waals surface area (Å²) >= 11 is 0. The number of hydrogen-bond donors (Lipinski definition) is 0. The summed E-state index contributed by atoms with van der Waals surface area (Å²) < 4.78 is 5.05. The Labute approximate surface area is 159 Å². The minimum Gasteiger partial charge on any atom is -0.465 e. The van der Waals surface area contributed by atoms with Crippen LogP contribution in [0.3, 0.4) is 0 Å². The largest absolute Gasteiger partial charge is 0.465 e. The van der Waals surface area contributed by atoms with Crippen molar-refractivity contribution >= 4 is 16.7 Å². The van der Waals surface area contributed by atoms with E-state index in [1.165, 1.54) is 18.2 Å². The van der Waals surface area contributed by atoms with Crippen molar-refractivity contribution in [2.24, 2.45) is 0 Å². The van der Waals surface area contributed by atoms with Crippen LogP contribution in [0.25, 0.3) is 10.8 Å². The van der Waals surface area contributed by atoms with Gasteiger partial charge in [0.25, 0.3) is 0 Å². The zero-order chi connectivity index (χ0) is 18.6. The molecule has 0 atom stereocenters. The highest BCUT2D eigenvalue weighted by Crippen LogP contribution is 2.37. The fraction of sp³-hybridized carbons (Fsp3) is 0.0800. The van der Waals surface area contributed by atoms with Gasteiger partial charge in [-0.2, -0.15) is 0 Å².